The van der Waals surface area contributed by atoms with Gasteiger partial charge in [-0.05, 0) is 45.4 Å². The van der Waals surface area contributed by atoms with Gasteiger partial charge < -0.3 is 14.6 Å². The number of pyridine rings is 1. The van der Waals surface area contributed by atoms with Crippen molar-refractivity contribution in [2.24, 2.45) is 5.92 Å². The molecule has 0 unspecified atom stereocenters. The third kappa shape index (κ3) is 4.34. The van der Waals surface area contributed by atoms with Gasteiger partial charge in [0, 0.05) is 55.6 Å². The summed E-state index contributed by atoms with van der Waals surface area (Å²) in [7, 11) is 2.04. The van der Waals surface area contributed by atoms with Gasteiger partial charge in [-0.15, -0.1) is 0 Å². The summed E-state index contributed by atoms with van der Waals surface area (Å²) >= 11 is 0. The Morgan fingerprint density at radius 1 is 1.27 bits per heavy atom. The highest BCUT2D eigenvalue weighted by molar-refractivity contribution is 5.69. The highest BCUT2D eigenvalue weighted by Gasteiger charge is 2.35. The van der Waals surface area contributed by atoms with Gasteiger partial charge in [-0.1, -0.05) is 6.07 Å². The molecule has 8 heteroatoms. The highest BCUT2D eigenvalue weighted by Crippen LogP contribution is 2.35. The SMILES string of the molecule is Cc1cc(C)n(CCN(C)Cc2ccc3n(c2=O)C[C@H]2C[C@@H]3CN(CC(=O)O)C2)n1. The van der Waals surface area contributed by atoms with Crippen molar-refractivity contribution in [1.29, 1.82) is 0 Å². The molecule has 2 aliphatic rings. The van der Waals surface area contributed by atoms with Gasteiger partial charge in [0.15, 0.2) is 0 Å². The Kier molecular flexibility index (Phi) is 5.79. The number of aliphatic carboxylic acids is 1. The zero-order chi connectivity index (χ0) is 21.4. The van der Waals surface area contributed by atoms with Crippen LogP contribution < -0.4 is 5.56 Å². The fourth-order valence-electron chi connectivity index (χ4n) is 5.07. The number of likely N-dealkylation sites (N-methyl/N-ethyl adjacent to an activating group) is 1. The van der Waals surface area contributed by atoms with Crippen LogP contribution in [-0.2, 0) is 24.4 Å². The Morgan fingerprint density at radius 3 is 2.77 bits per heavy atom. The van der Waals surface area contributed by atoms with Crippen LogP contribution in [0.3, 0.4) is 0 Å². The molecule has 0 spiro atoms. The van der Waals surface area contributed by atoms with Gasteiger partial charge in [0.1, 0.15) is 0 Å². The maximum atomic E-state index is 13.2. The van der Waals surface area contributed by atoms with E-state index in [0.29, 0.717) is 25.6 Å². The van der Waals surface area contributed by atoms with Gasteiger partial charge in [0.25, 0.3) is 5.56 Å². The molecule has 2 atom stereocenters. The molecule has 162 valence electrons. The Balaban J connectivity index is 1.44. The Hall–Kier alpha value is -2.45. The second-order valence-electron chi connectivity index (χ2n) is 8.97. The van der Waals surface area contributed by atoms with Gasteiger partial charge >= 0.3 is 5.97 Å². The number of piperidine rings is 1. The van der Waals surface area contributed by atoms with Crippen molar-refractivity contribution in [2.45, 2.75) is 45.8 Å². The first-order valence-electron chi connectivity index (χ1n) is 10.7. The smallest absolute Gasteiger partial charge is 0.317 e. The maximum Gasteiger partial charge on any atom is 0.317 e. The fraction of sp³-hybridized carbons (Fsp3) is 0.591. The molecule has 8 nitrogen and oxygen atoms in total. The van der Waals surface area contributed by atoms with Crippen molar-refractivity contribution >= 4 is 5.97 Å². The van der Waals surface area contributed by atoms with Crippen molar-refractivity contribution in [3.63, 3.8) is 0 Å². The molecule has 30 heavy (non-hydrogen) atoms. The lowest BCUT2D eigenvalue weighted by Crippen LogP contribution is -2.48. The number of hydrogen-bond acceptors (Lipinski definition) is 5. The van der Waals surface area contributed by atoms with Crippen molar-refractivity contribution in [3.05, 3.63) is 51.2 Å². The van der Waals surface area contributed by atoms with Crippen LogP contribution in [0.1, 0.15) is 35.0 Å². The van der Waals surface area contributed by atoms with E-state index in [4.69, 9.17) is 5.11 Å². The van der Waals surface area contributed by atoms with Gasteiger partial charge in [-0.25, -0.2) is 0 Å². The van der Waals surface area contributed by atoms with Crippen LogP contribution >= 0.6 is 0 Å². The second-order valence-corrected chi connectivity index (χ2v) is 8.97. The summed E-state index contributed by atoms with van der Waals surface area (Å²) in [6, 6.07) is 6.12. The predicted molar refractivity (Wildman–Crippen MR) is 114 cm³/mol. The molecule has 0 aliphatic carbocycles. The van der Waals surface area contributed by atoms with E-state index in [9.17, 15) is 9.59 Å². The third-order valence-corrected chi connectivity index (χ3v) is 6.35. The minimum atomic E-state index is -0.786. The van der Waals surface area contributed by atoms with Crippen LogP contribution in [0.2, 0.25) is 0 Å². The van der Waals surface area contributed by atoms with Crippen LogP contribution in [0.25, 0.3) is 0 Å². The van der Waals surface area contributed by atoms with E-state index in [0.717, 1.165) is 48.7 Å². The van der Waals surface area contributed by atoms with E-state index in [-0.39, 0.29) is 18.0 Å². The first-order valence-corrected chi connectivity index (χ1v) is 10.7. The molecule has 1 fully saturated rings. The number of carboxylic acids is 1. The van der Waals surface area contributed by atoms with E-state index in [1.807, 2.05) is 34.2 Å². The third-order valence-electron chi connectivity index (χ3n) is 6.35. The molecule has 0 aromatic carbocycles. The lowest BCUT2D eigenvalue weighted by molar-refractivity contribution is -0.139. The average Bonchev–Trinajstić information content (AvgIpc) is 2.99. The maximum absolute atomic E-state index is 13.2. The standard InChI is InChI=1S/C22H31N5O3/c1-15-8-16(2)27(23-15)7-6-24(3)12-18-4-5-20-19-9-17(11-26(20)22(18)30)10-25(13-19)14-21(28)29/h4-5,8,17,19H,6-7,9-14H2,1-3H3,(H,28,29)/t17-,19+/m0/s1. The Bertz CT molecular complexity index is 995. The van der Waals surface area contributed by atoms with Gasteiger partial charge in [-0.3, -0.25) is 19.2 Å². The number of aromatic nitrogens is 3. The predicted octanol–water partition coefficient (Wildman–Crippen LogP) is 1.30. The number of aryl methyl sites for hydroxylation is 2. The molecule has 1 N–H and O–H groups in total. The number of hydrogen-bond donors (Lipinski definition) is 1. The van der Waals surface area contributed by atoms with E-state index in [1.54, 1.807) is 0 Å². The Labute approximate surface area is 176 Å². The molecule has 1 saturated heterocycles. The number of carbonyl (C=O) groups is 1. The normalized spacial score (nSPS) is 21.1. The summed E-state index contributed by atoms with van der Waals surface area (Å²) in [5.74, 6) is -0.208. The van der Waals surface area contributed by atoms with Crippen LogP contribution in [0.15, 0.2) is 23.0 Å². The summed E-state index contributed by atoms with van der Waals surface area (Å²) < 4.78 is 3.96. The highest BCUT2D eigenvalue weighted by atomic mass is 16.4. The molecule has 4 rings (SSSR count). The van der Waals surface area contributed by atoms with Gasteiger partial charge in [0.2, 0.25) is 0 Å². The Morgan fingerprint density at radius 2 is 2.07 bits per heavy atom. The van der Waals surface area contributed by atoms with E-state index >= 15 is 0 Å². The van der Waals surface area contributed by atoms with Crippen molar-refractivity contribution in [2.75, 3.05) is 33.2 Å². The van der Waals surface area contributed by atoms with Gasteiger partial charge in [0.05, 0.1) is 18.8 Å². The van der Waals surface area contributed by atoms with Crippen molar-refractivity contribution in [1.82, 2.24) is 24.1 Å². The lowest BCUT2D eigenvalue weighted by atomic mass is 9.83. The molecule has 2 aliphatic heterocycles. The first kappa shape index (κ1) is 20.8. The summed E-state index contributed by atoms with van der Waals surface area (Å²) in [5.41, 5.74) is 4.15. The van der Waals surface area contributed by atoms with E-state index in [2.05, 4.69) is 29.1 Å². The van der Waals surface area contributed by atoms with E-state index < -0.39 is 5.97 Å². The lowest BCUT2D eigenvalue weighted by Gasteiger charge is -2.42. The van der Waals surface area contributed by atoms with Crippen LogP contribution in [-0.4, -0.2) is 68.4 Å². The first-order chi connectivity index (χ1) is 14.3. The number of rotatable bonds is 7. The summed E-state index contributed by atoms with van der Waals surface area (Å²) in [5, 5.41) is 13.6. The monoisotopic (exact) mass is 413 g/mol. The summed E-state index contributed by atoms with van der Waals surface area (Å²) in [6.07, 6.45) is 1.04. The molecule has 2 aromatic heterocycles. The zero-order valence-electron chi connectivity index (χ0n) is 18.0. The fourth-order valence-corrected chi connectivity index (χ4v) is 5.07. The largest absolute Gasteiger partial charge is 0.480 e. The molecule has 0 amide bonds. The number of likely N-dealkylation sites (tertiary alicyclic amines) is 1. The van der Waals surface area contributed by atoms with Crippen molar-refractivity contribution < 1.29 is 9.90 Å². The minimum absolute atomic E-state index is 0.0787. The molecular formula is C22H31N5O3. The van der Waals surface area contributed by atoms with Crippen LogP contribution in [0.4, 0.5) is 0 Å². The van der Waals surface area contributed by atoms with Gasteiger partial charge in [-0.2, -0.15) is 5.10 Å². The number of fused-ring (bicyclic) bond motifs is 4. The number of nitrogens with zero attached hydrogens (tertiary/aromatic N) is 5. The quantitative estimate of drug-likeness (QED) is 0.737. The average molecular weight is 414 g/mol. The molecule has 2 aromatic rings. The van der Waals surface area contributed by atoms with Crippen LogP contribution in [0, 0.1) is 19.8 Å². The molecule has 0 saturated carbocycles. The summed E-state index contributed by atoms with van der Waals surface area (Å²) in [4.78, 5) is 28.4. The summed E-state index contributed by atoms with van der Waals surface area (Å²) in [6.45, 7) is 8.51. The molecule has 4 heterocycles. The van der Waals surface area contributed by atoms with E-state index in [1.165, 1.54) is 0 Å². The van der Waals surface area contributed by atoms with Crippen LogP contribution in [0.5, 0.6) is 0 Å². The second kappa shape index (κ2) is 8.35. The molecule has 0 radical (unpaired) electrons. The van der Waals surface area contributed by atoms with Crippen molar-refractivity contribution in [3.8, 4) is 0 Å². The topological polar surface area (TPSA) is 83.6 Å². The molecule has 2 bridgehead atoms. The number of carboxylic acid groups (broad SMARTS) is 1. The molecular weight excluding hydrogens is 382 g/mol. The minimum Gasteiger partial charge on any atom is -0.480 e. The zero-order valence-corrected chi connectivity index (χ0v) is 18.0.